The smallest absolute Gasteiger partial charge is 0.123 e. The summed E-state index contributed by atoms with van der Waals surface area (Å²) in [5.74, 6) is 0.647. The molecular weight excluding hydrogens is 184 g/mol. The average Bonchev–Trinajstić information content (AvgIpc) is 2.15. The molecular formula is C13H22N2. The summed E-state index contributed by atoms with van der Waals surface area (Å²) in [6, 6.07) is 2.01. The van der Waals surface area contributed by atoms with Crippen LogP contribution in [-0.2, 0) is 18.3 Å². The zero-order valence-electron chi connectivity index (χ0n) is 10.5. The molecule has 2 heteroatoms. The van der Waals surface area contributed by atoms with Gasteiger partial charge in [0.05, 0.1) is 5.69 Å². The van der Waals surface area contributed by atoms with Crippen LogP contribution in [0.15, 0.2) is 6.07 Å². The van der Waals surface area contributed by atoms with E-state index in [0.717, 1.165) is 18.5 Å². The molecule has 0 aliphatic carbocycles. The topological polar surface area (TPSA) is 38.9 Å². The Balaban J connectivity index is 3.42. The van der Waals surface area contributed by atoms with Crippen LogP contribution in [0, 0.1) is 0 Å². The first-order valence-corrected chi connectivity index (χ1v) is 5.68. The quantitative estimate of drug-likeness (QED) is 0.807. The lowest BCUT2D eigenvalue weighted by Crippen LogP contribution is -2.19. The average molecular weight is 206 g/mol. The van der Waals surface area contributed by atoms with Gasteiger partial charge in [-0.2, -0.15) is 0 Å². The van der Waals surface area contributed by atoms with Gasteiger partial charge in [-0.1, -0.05) is 34.6 Å². The Bertz CT molecular complexity index is 348. The van der Waals surface area contributed by atoms with Crippen molar-refractivity contribution in [3.63, 3.8) is 0 Å². The predicted octanol–water partition coefficient (Wildman–Crippen LogP) is 3.09. The Kier molecular flexibility index (Phi) is 3.38. The van der Waals surface area contributed by atoms with Crippen LogP contribution in [0.2, 0.25) is 0 Å². The zero-order chi connectivity index (χ0) is 11.6. The van der Waals surface area contributed by atoms with Crippen LogP contribution in [0.5, 0.6) is 0 Å². The summed E-state index contributed by atoms with van der Waals surface area (Å²) in [5, 5.41) is 0. The lowest BCUT2D eigenvalue weighted by Gasteiger charge is -2.23. The fraction of sp³-hybridized carbons (Fsp3) is 0.615. The minimum absolute atomic E-state index is 0.0741. The normalized spacial score (nSPS) is 11.8. The number of nitrogens with two attached hydrogens (primary N) is 1. The number of hydrogen-bond acceptors (Lipinski definition) is 2. The van der Waals surface area contributed by atoms with Crippen LogP contribution in [-0.4, -0.2) is 4.98 Å². The van der Waals surface area contributed by atoms with Crippen LogP contribution >= 0.6 is 0 Å². The van der Waals surface area contributed by atoms with E-state index in [1.54, 1.807) is 0 Å². The molecule has 0 amide bonds. The molecule has 1 rings (SSSR count). The Hall–Kier alpha value is -1.05. The van der Waals surface area contributed by atoms with Crippen molar-refractivity contribution in [3.05, 3.63) is 22.9 Å². The lowest BCUT2D eigenvalue weighted by atomic mass is 9.85. The molecule has 0 fully saturated rings. The number of rotatable bonds is 2. The summed E-state index contributed by atoms with van der Waals surface area (Å²) in [6.07, 6.45) is 2.06. The Morgan fingerprint density at radius 2 is 1.80 bits per heavy atom. The van der Waals surface area contributed by atoms with Crippen molar-refractivity contribution in [2.45, 2.75) is 52.9 Å². The maximum Gasteiger partial charge on any atom is 0.123 e. The molecule has 1 aromatic rings. The van der Waals surface area contributed by atoms with Gasteiger partial charge in [0.2, 0.25) is 0 Å². The predicted molar refractivity (Wildman–Crippen MR) is 66.1 cm³/mol. The molecule has 15 heavy (non-hydrogen) atoms. The molecule has 0 unspecified atom stereocenters. The van der Waals surface area contributed by atoms with Gasteiger partial charge in [0, 0.05) is 5.41 Å². The molecule has 0 aliphatic rings. The first-order valence-electron chi connectivity index (χ1n) is 5.68. The zero-order valence-corrected chi connectivity index (χ0v) is 10.5. The van der Waals surface area contributed by atoms with Crippen LogP contribution in [0.25, 0.3) is 0 Å². The molecule has 2 N–H and O–H groups in total. The molecule has 0 saturated heterocycles. The van der Waals surface area contributed by atoms with Crippen molar-refractivity contribution in [1.82, 2.24) is 4.98 Å². The SMILES string of the molecule is CCc1cc(N)nc(C(C)(C)C)c1CC. The third-order valence-electron chi connectivity index (χ3n) is 2.68. The third-order valence-corrected chi connectivity index (χ3v) is 2.68. The molecule has 0 aromatic carbocycles. The van der Waals surface area contributed by atoms with E-state index in [0.29, 0.717) is 5.82 Å². The summed E-state index contributed by atoms with van der Waals surface area (Å²) in [7, 11) is 0. The molecule has 1 aromatic heterocycles. The van der Waals surface area contributed by atoms with Crippen molar-refractivity contribution >= 4 is 5.82 Å². The van der Waals surface area contributed by atoms with E-state index in [1.807, 2.05) is 6.07 Å². The van der Waals surface area contributed by atoms with Crippen molar-refractivity contribution in [2.75, 3.05) is 5.73 Å². The maximum atomic E-state index is 5.84. The minimum atomic E-state index is 0.0741. The standard InChI is InChI=1S/C13H22N2/c1-6-9-8-11(14)15-12(10(9)7-2)13(3,4)5/h8H,6-7H2,1-5H3,(H2,14,15). The Morgan fingerprint density at radius 3 is 2.20 bits per heavy atom. The van der Waals surface area contributed by atoms with Gasteiger partial charge in [0.15, 0.2) is 0 Å². The van der Waals surface area contributed by atoms with Gasteiger partial charge in [-0.25, -0.2) is 4.98 Å². The summed E-state index contributed by atoms with van der Waals surface area (Å²) in [6.45, 7) is 10.9. The van der Waals surface area contributed by atoms with E-state index < -0.39 is 0 Å². The fourth-order valence-corrected chi connectivity index (χ4v) is 1.98. The Morgan fingerprint density at radius 1 is 1.20 bits per heavy atom. The molecule has 0 spiro atoms. The van der Waals surface area contributed by atoms with Crippen molar-refractivity contribution in [3.8, 4) is 0 Å². The van der Waals surface area contributed by atoms with E-state index in [2.05, 4.69) is 39.6 Å². The minimum Gasteiger partial charge on any atom is -0.384 e. The van der Waals surface area contributed by atoms with Crippen LogP contribution in [0.3, 0.4) is 0 Å². The summed E-state index contributed by atoms with van der Waals surface area (Å²) < 4.78 is 0. The second-order valence-electron chi connectivity index (χ2n) is 4.99. The second-order valence-corrected chi connectivity index (χ2v) is 4.99. The molecule has 1 heterocycles. The van der Waals surface area contributed by atoms with Gasteiger partial charge in [-0.3, -0.25) is 0 Å². The largest absolute Gasteiger partial charge is 0.384 e. The van der Waals surface area contributed by atoms with E-state index in [4.69, 9.17) is 5.73 Å². The highest BCUT2D eigenvalue weighted by molar-refractivity contribution is 5.43. The highest BCUT2D eigenvalue weighted by atomic mass is 14.9. The van der Waals surface area contributed by atoms with Gasteiger partial charge in [-0.05, 0) is 30.0 Å². The van der Waals surface area contributed by atoms with Crippen LogP contribution in [0.4, 0.5) is 5.82 Å². The number of nitrogens with zero attached hydrogens (tertiary/aromatic N) is 1. The van der Waals surface area contributed by atoms with Crippen LogP contribution in [0.1, 0.15) is 51.4 Å². The highest BCUT2D eigenvalue weighted by Gasteiger charge is 2.21. The number of aryl methyl sites for hydroxylation is 1. The van der Waals surface area contributed by atoms with Gasteiger partial charge in [0.25, 0.3) is 0 Å². The number of hydrogen-bond donors (Lipinski definition) is 1. The molecule has 0 saturated carbocycles. The summed E-state index contributed by atoms with van der Waals surface area (Å²) >= 11 is 0. The van der Waals surface area contributed by atoms with Crippen molar-refractivity contribution in [2.24, 2.45) is 0 Å². The van der Waals surface area contributed by atoms with Gasteiger partial charge in [-0.15, -0.1) is 0 Å². The van der Waals surface area contributed by atoms with Crippen molar-refractivity contribution < 1.29 is 0 Å². The molecule has 0 aliphatic heterocycles. The fourth-order valence-electron chi connectivity index (χ4n) is 1.98. The van der Waals surface area contributed by atoms with Gasteiger partial charge < -0.3 is 5.73 Å². The summed E-state index contributed by atoms with van der Waals surface area (Å²) in [5.41, 5.74) is 9.79. The van der Waals surface area contributed by atoms with E-state index in [-0.39, 0.29) is 5.41 Å². The number of pyridine rings is 1. The first-order chi connectivity index (χ1) is 6.90. The van der Waals surface area contributed by atoms with Gasteiger partial charge in [0.1, 0.15) is 5.82 Å². The Labute approximate surface area is 92.9 Å². The number of nitrogen functional groups attached to an aromatic ring is 1. The molecule has 84 valence electrons. The van der Waals surface area contributed by atoms with E-state index in [9.17, 15) is 0 Å². The molecule has 2 nitrogen and oxygen atoms in total. The van der Waals surface area contributed by atoms with Crippen LogP contribution < -0.4 is 5.73 Å². The third kappa shape index (κ3) is 2.49. The number of aromatic nitrogens is 1. The van der Waals surface area contributed by atoms with E-state index in [1.165, 1.54) is 11.1 Å². The molecule has 0 atom stereocenters. The first kappa shape index (κ1) is 12.0. The monoisotopic (exact) mass is 206 g/mol. The summed E-state index contributed by atoms with van der Waals surface area (Å²) in [4.78, 5) is 4.50. The van der Waals surface area contributed by atoms with Gasteiger partial charge >= 0.3 is 0 Å². The molecule has 0 bridgehead atoms. The molecule has 0 radical (unpaired) electrons. The number of anilines is 1. The van der Waals surface area contributed by atoms with E-state index >= 15 is 0 Å². The van der Waals surface area contributed by atoms with Crippen molar-refractivity contribution in [1.29, 1.82) is 0 Å². The lowest BCUT2D eigenvalue weighted by molar-refractivity contribution is 0.560. The second kappa shape index (κ2) is 4.21. The maximum absolute atomic E-state index is 5.84. The highest BCUT2D eigenvalue weighted by Crippen LogP contribution is 2.28.